The molecule has 412 valence electrons. The molecule has 6 aromatic carbocycles. The lowest BCUT2D eigenvalue weighted by molar-refractivity contribution is -0.193. The van der Waals surface area contributed by atoms with Gasteiger partial charge < -0.3 is 34.2 Å². The minimum absolute atomic E-state index is 0.0881. The second-order valence-electron chi connectivity index (χ2n) is 19.7. The number of nitrogens with zero attached hydrogens (tertiary/aromatic N) is 2. The van der Waals surface area contributed by atoms with E-state index >= 15 is 0 Å². The van der Waals surface area contributed by atoms with Crippen LogP contribution in [0.3, 0.4) is 0 Å². The van der Waals surface area contributed by atoms with Crippen LogP contribution in [-0.2, 0) is 43.6 Å². The van der Waals surface area contributed by atoms with E-state index < -0.39 is 11.2 Å². The van der Waals surface area contributed by atoms with Crippen molar-refractivity contribution in [1.82, 2.24) is 10.3 Å². The van der Waals surface area contributed by atoms with Crippen LogP contribution in [0.15, 0.2) is 130 Å². The molecule has 2 aliphatic carbocycles. The average Bonchev–Trinajstić information content (AvgIpc) is 4.31. The second kappa shape index (κ2) is 27.3. The van der Waals surface area contributed by atoms with Gasteiger partial charge in [0, 0.05) is 21.2 Å². The summed E-state index contributed by atoms with van der Waals surface area (Å²) in [6, 6.07) is 38.8. The summed E-state index contributed by atoms with van der Waals surface area (Å²) >= 11 is 37.9. The van der Waals surface area contributed by atoms with Gasteiger partial charge >= 0.3 is 12.3 Å². The second-order valence-corrected chi connectivity index (χ2v) is 22.2. The minimum Gasteiger partial charge on any atom is -0.508 e. The van der Waals surface area contributed by atoms with Gasteiger partial charge in [-0.1, -0.05) is 164 Å². The molecule has 4 atom stereocenters. The highest BCUT2D eigenvalue weighted by Gasteiger charge is 2.42. The lowest BCUT2D eigenvalue weighted by Gasteiger charge is -2.16. The Labute approximate surface area is 486 Å². The van der Waals surface area contributed by atoms with Crippen LogP contribution in [0.5, 0.6) is 11.5 Å². The van der Waals surface area contributed by atoms with Gasteiger partial charge in [0.25, 0.3) is 0 Å². The van der Waals surface area contributed by atoms with Crippen molar-refractivity contribution in [2.45, 2.75) is 102 Å². The van der Waals surface area contributed by atoms with Crippen LogP contribution in [0.1, 0.15) is 120 Å². The van der Waals surface area contributed by atoms with Gasteiger partial charge in [-0.05, 0) is 149 Å². The molecular formula is C60H54Cl6N2O11. The van der Waals surface area contributed by atoms with Crippen molar-refractivity contribution >= 4 is 81.9 Å². The number of aromatic nitrogens is 2. The zero-order valence-corrected chi connectivity index (χ0v) is 48.0. The molecule has 2 aromatic heterocycles. The number of hydrogen-bond acceptors (Lipinski definition) is 13. The molecule has 4 N–H and O–H groups in total. The van der Waals surface area contributed by atoms with Crippen molar-refractivity contribution in [3.63, 3.8) is 0 Å². The molecule has 2 fully saturated rings. The predicted molar refractivity (Wildman–Crippen MR) is 302 cm³/mol. The number of carbonyl (C=O) groups excluding carboxylic acids is 4. The van der Waals surface area contributed by atoms with E-state index in [-0.39, 0.29) is 42.8 Å². The molecule has 2 saturated carbocycles. The third kappa shape index (κ3) is 15.8. The number of aliphatic hydroxyl groups is 3. The largest absolute Gasteiger partial charge is 0.508 e. The van der Waals surface area contributed by atoms with Crippen LogP contribution in [0.4, 0.5) is 0 Å². The summed E-state index contributed by atoms with van der Waals surface area (Å²) in [5.41, 5.74) is 7.76. The number of rotatable bonds is 12. The first-order valence-electron chi connectivity index (χ1n) is 24.4. The van der Waals surface area contributed by atoms with E-state index in [1.165, 1.54) is 22.3 Å². The van der Waals surface area contributed by atoms with E-state index in [4.69, 9.17) is 103 Å². The van der Waals surface area contributed by atoms with E-state index in [1.54, 1.807) is 76.2 Å². The first-order valence-corrected chi connectivity index (χ1v) is 26.7. The van der Waals surface area contributed by atoms with E-state index in [2.05, 4.69) is 72.7 Å². The number of aliphatic hydroxyl groups excluding tert-OH is 1. The predicted octanol–water partition coefficient (Wildman–Crippen LogP) is 15.5. The highest BCUT2D eigenvalue weighted by atomic mass is 35.5. The van der Waals surface area contributed by atoms with Gasteiger partial charge in [0.05, 0.1) is 37.8 Å². The maximum Gasteiger partial charge on any atom is 0.373 e. The van der Waals surface area contributed by atoms with Crippen molar-refractivity contribution in [2.75, 3.05) is 0 Å². The summed E-state index contributed by atoms with van der Waals surface area (Å²) < 4.78 is 16.8. The molecule has 0 saturated heterocycles. The Morgan fingerprint density at radius 2 is 0.924 bits per heavy atom. The van der Waals surface area contributed by atoms with Gasteiger partial charge in [-0.15, -0.1) is 0 Å². The van der Waals surface area contributed by atoms with Crippen molar-refractivity contribution in [3.8, 4) is 34.0 Å². The van der Waals surface area contributed by atoms with Crippen LogP contribution in [0.25, 0.3) is 22.5 Å². The minimum atomic E-state index is -1.28. The maximum atomic E-state index is 10.7. The lowest BCUT2D eigenvalue weighted by atomic mass is 9.98. The number of phenolic OH excluding ortho intramolecular Hbond substituents is 1. The molecule has 4 unspecified atom stereocenters. The summed E-state index contributed by atoms with van der Waals surface area (Å²) in [6.07, 6.45) is 2.73. The monoisotopic (exact) mass is 1190 g/mol. The Hall–Kier alpha value is -6.28. The van der Waals surface area contributed by atoms with E-state index in [9.17, 15) is 20.4 Å². The summed E-state index contributed by atoms with van der Waals surface area (Å²) in [7, 11) is 0. The zero-order chi connectivity index (χ0) is 57.9. The number of ether oxygens (including phenoxy) is 1. The Morgan fingerprint density at radius 1 is 0.544 bits per heavy atom. The number of aryl methyl sites for hydroxylation is 2. The molecule has 13 nitrogen and oxygen atoms in total. The zero-order valence-electron chi connectivity index (χ0n) is 43.5. The van der Waals surface area contributed by atoms with Crippen LogP contribution in [0.2, 0.25) is 30.1 Å². The number of aromatic hydroxyl groups is 1. The van der Waals surface area contributed by atoms with Crippen molar-refractivity contribution < 1.29 is 53.4 Å². The van der Waals surface area contributed by atoms with E-state index in [0.29, 0.717) is 93.2 Å². The topological polar surface area (TPSA) is 210 Å². The fourth-order valence-corrected chi connectivity index (χ4v) is 10.8. The van der Waals surface area contributed by atoms with Gasteiger partial charge in [-0.25, -0.2) is 0 Å². The van der Waals surface area contributed by atoms with Crippen molar-refractivity contribution in [3.05, 3.63) is 207 Å². The highest BCUT2D eigenvalue weighted by molar-refractivity contribution is 6.40. The third-order valence-corrected chi connectivity index (χ3v) is 14.9. The first kappa shape index (κ1) is 61.9. The fraction of sp³-hybridized carbons (Fsp3) is 0.267. The smallest absolute Gasteiger partial charge is 0.373 e. The third-order valence-electron chi connectivity index (χ3n) is 13.0. The van der Waals surface area contributed by atoms with E-state index in [0.717, 1.165) is 24.0 Å². The average molecular weight is 1190 g/mol. The molecule has 0 spiro atoms. The number of phenols is 1. The fourth-order valence-electron chi connectivity index (χ4n) is 9.01. The molecule has 79 heavy (non-hydrogen) atoms. The molecule has 0 bridgehead atoms. The molecule has 2 heterocycles. The summed E-state index contributed by atoms with van der Waals surface area (Å²) in [6.45, 7) is 10.3. The number of benzene rings is 6. The Morgan fingerprint density at radius 3 is 1.30 bits per heavy atom. The molecule has 19 heteroatoms. The Bertz CT molecular complexity index is 3390. The van der Waals surface area contributed by atoms with Gasteiger partial charge in [-0.2, -0.15) is 19.2 Å². The standard InChI is InChI=1S/C29H26Cl3NO3.C16H15ClO.C13H13Cl2NO3.2CO2/c1-16-7-9-17(10-8-16)20-14-21(20)19-12-11-18(13-25(19)32)35-15-22-27(33-36-28(22)29(2,3)34)26-23(30)5-4-6-24(26)31;1-10-2-4-11(5-3-10)14-9-15(14)13-7-6-12(18)8-16(13)17;1-13(2,18)12-7(6-17)11(16-19-12)10-8(14)4-3-5-9(10)15;2*2-1-3/h4-13,20-21,34H,14-15H2,1-3H3;2-8,14-15,18H,9H2,1H3;3-5,17-18H,6H2,1-2H3;;. The number of halogens is 6. The van der Waals surface area contributed by atoms with Gasteiger partial charge in [0.15, 0.2) is 11.5 Å². The SMILES string of the molecule is CC(C)(O)c1onc(-c2c(Cl)cccc2Cl)c1CO.Cc1ccc(C2CC2c2ccc(O)cc2Cl)cc1.Cc1ccc(C2CC2c2ccc(OCc3c(-c4c(Cl)cccc4Cl)noc3C(C)(C)O)cc2Cl)cc1.O=C=O.O=C=O. The van der Waals surface area contributed by atoms with E-state index in [1.807, 2.05) is 24.3 Å². The van der Waals surface area contributed by atoms with Gasteiger partial charge in [0.2, 0.25) is 0 Å². The van der Waals surface area contributed by atoms with Gasteiger partial charge in [0.1, 0.15) is 40.7 Å². The van der Waals surface area contributed by atoms with Crippen LogP contribution in [0, 0.1) is 13.8 Å². The summed E-state index contributed by atoms with van der Waals surface area (Å²) in [4.78, 5) is 32.5. The maximum absolute atomic E-state index is 10.7. The van der Waals surface area contributed by atoms with Crippen LogP contribution >= 0.6 is 69.6 Å². The first-order chi connectivity index (χ1) is 37.5. The summed E-state index contributed by atoms with van der Waals surface area (Å²) in [5.74, 6) is 3.29. The molecule has 0 radical (unpaired) electrons. The van der Waals surface area contributed by atoms with Gasteiger partial charge in [-0.3, -0.25) is 0 Å². The molecule has 0 amide bonds. The lowest BCUT2D eigenvalue weighted by Crippen LogP contribution is -2.17. The van der Waals surface area contributed by atoms with Crippen molar-refractivity contribution in [2.24, 2.45) is 0 Å². The Kier molecular flexibility index (Phi) is 21.4. The highest BCUT2D eigenvalue weighted by Crippen LogP contribution is 2.57. The molecule has 0 aliphatic heterocycles. The van der Waals surface area contributed by atoms with Crippen molar-refractivity contribution in [1.29, 1.82) is 0 Å². The van der Waals surface area contributed by atoms with Crippen LogP contribution in [-0.4, -0.2) is 43.0 Å². The molecule has 2 aliphatic rings. The molecular weight excluding hydrogens is 1140 g/mol. The number of hydrogen-bond donors (Lipinski definition) is 4. The summed E-state index contributed by atoms with van der Waals surface area (Å²) in [5, 5.41) is 50.6. The molecule has 8 aromatic rings. The quantitative estimate of drug-likeness (QED) is 0.0898. The van der Waals surface area contributed by atoms with Crippen LogP contribution < -0.4 is 4.74 Å². The Balaban J connectivity index is 0.000000197. The molecule has 10 rings (SSSR count). The normalized spacial score (nSPS) is 15.9.